The van der Waals surface area contributed by atoms with Gasteiger partial charge in [-0.15, -0.1) is 0 Å². The van der Waals surface area contributed by atoms with Gasteiger partial charge < -0.3 is 4.90 Å². The van der Waals surface area contributed by atoms with Gasteiger partial charge >= 0.3 is 0 Å². The van der Waals surface area contributed by atoms with Gasteiger partial charge in [-0.25, -0.2) is 0 Å². The molecule has 5 heteroatoms. The minimum atomic E-state index is -0.114. The van der Waals surface area contributed by atoms with Crippen LogP contribution >= 0.6 is 0 Å². The van der Waals surface area contributed by atoms with Crippen LogP contribution in [0.5, 0.6) is 0 Å². The van der Waals surface area contributed by atoms with E-state index >= 15 is 0 Å². The van der Waals surface area contributed by atoms with Crippen LogP contribution in [0.4, 0.5) is 0 Å². The molecule has 0 aromatic carbocycles. The summed E-state index contributed by atoms with van der Waals surface area (Å²) in [6.45, 7) is 2.12. The van der Waals surface area contributed by atoms with Crippen LogP contribution in [0.25, 0.3) is 0 Å². The number of aromatic nitrogens is 2. The van der Waals surface area contributed by atoms with Crippen molar-refractivity contribution in [2.24, 2.45) is 5.92 Å². The third-order valence-corrected chi connectivity index (χ3v) is 2.77. The van der Waals surface area contributed by atoms with E-state index in [0.29, 0.717) is 13.0 Å². The zero-order chi connectivity index (χ0) is 11.4. The van der Waals surface area contributed by atoms with Crippen LogP contribution in [0.15, 0.2) is 18.5 Å². The Balaban J connectivity index is 1.75. The molecule has 16 heavy (non-hydrogen) atoms. The van der Waals surface area contributed by atoms with Crippen molar-refractivity contribution in [1.82, 2.24) is 14.7 Å². The standard InChI is InChI=1S/C11H14N4O/c12-8-10-7-11(16)14(9-10)4-2-6-15-5-1-3-13-15/h1,3,5,10H,2,4,6-7,9H2. The van der Waals surface area contributed by atoms with Crippen LogP contribution in [0, 0.1) is 17.2 Å². The summed E-state index contributed by atoms with van der Waals surface area (Å²) in [5.74, 6) is -0.00998. The number of likely N-dealkylation sites (tertiary alicyclic amines) is 1. The lowest BCUT2D eigenvalue weighted by molar-refractivity contribution is -0.127. The van der Waals surface area contributed by atoms with Gasteiger partial charge in [0.1, 0.15) is 0 Å². The lowest BCUT2D eigenvalue weighted by Crippen LogP contribution is -2.27. The Morgan fingerprint density at radius 2 is 2.44 bits per heavy atom. The van der Waals surface area contributed by atoms with Crippen molar-refractivity contribution >= 4 is 5.91 Å². The molecule has 0 aliphatic carbocycles. The first-order valence-electron chi connectivity index (χ1n) is 5.44. The molecule has 1 aliphatic rings. The Morgan fingerprint density at radius 3 is 3.06 bits per heavy atom. The number of hydrogen-bond acceptors (Lipinski definition) is 3. The number of carbonyl (C=O) groups is 1. The van der Waals surface area contributed by atoms with Gasteiger partial charge in [0.05, 0.1) is 12.0 Å². The predicted octanol–water partition coefficient (Wildman–Crippen LogP) is 0.645. The van der Waals surface area contributed by atoms with Crippen molar-refractivity contribution in [3.63, 3.8) is 0 Å². The summed E-state index contributed by atoms with van der Waals surface area (Å²) in [5.41, 5.74) is 0. The monoisotopic (exact) mass is 218 g/mol. The van der Waals surface area contributed by atoms with Crippen LogP contribution in [-0.4, -0.2) is 33.7 Å². The molecule has 1 fully saturated rings. The summed E-state index contributed by atoms with van der Waals surface area (Å²) < 4.78 is 1.85. The fourth-order valence-electron chi connectivity index (χ4n) is 1.93. The molecular weight excluding hydrogens is 204 g/mol. The molecule has 2 heterocycles. The second kappa shape index (κ2) is 4.79. The number of carbonyl (C=O) groups excluding carboxylic acids is 1. The molecule has 1 saturated heterocycles. The topological polar surface area (TPSA) is 61.9 Å². The highest BCUT2D eigenvalue weighted by atomic mass is 16.2. The van der Waals surface area contributed by atoms with Gasteiger partial charge in [0.2, 0.25) is 5.91 Å². The van der Waals surface area contributed by atoms with Crippen LogP contribution in [0.2, 0.25) is 0 Å². The van der Waals surface area contributed by atoms with E-state index in [1.807, 2.05) is 16.9 Å². The van der Waals surface area contributed by atoms with Crippen LogP contribution in [0.3, 0.4) is 0 Å². The summed E-state index contributed by atoms with van der Waals surface area (Å²) in [4.78, 5) is 13.3. The van der Waals surface area contributed by atoms with Crippen molar-refractivity contribution in [3.8, 4) is 6.07 Å². The highest BCUT2D eigenvalue weighted by Crippen LogP contribution is 2.16. The van der Waals surface area contributed by atoms with Crippen molar-refractivity contribution < 1.29 is 4.79 Å². The number of hydrogen-bond donors (Lipinski definition) is 0. The molecular formula is C11H14N4O. The number of aryl methyl sites for hydroxylation is 1. The first-order valence-corrected chi connectivity index (χ1v) is 5.44. The summed E-state index contributed by atoms with van der Waals surface area (Å²) in [7, 11) is 0. The maximum Gasteiger partial charge on any atom is 0.224 e. The smallest absolute Gasteiger partial charge is 0.224 e. The SMILES string of the molecule is N#CC1CC(=O)N(CCCn2cccn2)C1. The van der Waals surface area contributed by atoms with Crippen LogP contribution in [-0.2, 0) is 11.3 Å². The van der Waals surface area contributed by atoms with Gasteiger partial charge in [-0.05, 0) is 12.5 Å². The van der Waals surface area contributed by atoms with Crippen molar-refractivity contribution in [2.75, 3.05) is 13.1 Å². The first kappa shape index (κ1) is 10.7. The summed E-state index contributed by atoms with van der Waals surface area (Å²) >= 11 is 0. The van der Waals surface area contributed by atoms with E-state index in [4.69, 9.17) is 5.26 Å². The minimum Gasteiger partial charge on any atom is -0.341 e. The number of rotatable bonds is 4. The molecule has 1 aromatic rings. The molecule has 1 aliphatic heterocycles. The molecule has 1 amide bonds. The van der Waals surface area contributed by atoms with Crippen molar-refractivity contribution in [3.05, 3.63) is 18.5 Å². The molecule has 1 unspecified atom stereocenters. The third-order valence-electron chi connectivity index (χ3n) is 2.77. The molecule has 84 valence electrons. The van der Waals surface area contributed by atoms with E-state index in [1.54, 1.807) is 11.1 Å². The number of amides is 1. The van der Waals surface area contributed by atoms with E-state index < -0.39 is 0 Å². The predicted molar refractivity (Wildman–Crippen MR) is 57.1 cm³/mol. The zero-order valence-corrected chi connectivity index (χ0v) is 9.04. The van der Waals surface area contributed by atoms with E-state index in [2.05, 4.69) is 11.2 Å². The molecule has 0 bridgehead atoms. The van der Waals surface area contributed by atoms with E-state index in [-0.39, 0.29) is 11.8 Å². The molecule has 0 N–H and O–H groups in total. The van der Waals surface area contributed by atoms with Gasteiger partial charge in [0.15, 0.2) is 0 Å². The largest absolute Gasteiger partial charge is 0.341 e. The lowest BCUT2D eigenvalue weighted by Gasteiger charge is -2.15. The maximum atomic E-state index is 11.5. The zero-order valence-electron chi connectivity index (χ0n) is 9.04. The van der Waals surface area contributed by atoms with Gasteiger partial charge in [0, 0.05) is 38.4 Å². The lowest BCUT2D eigenvalue weighted by atomic mass is 10.1. The molecule has 0 radical (unpaired) electrons. The van der Waals surface area contributed by atoms with Crippen molar-refractivity contribution in [2.45, 2.75) is 19.4 Å². The Kier molecular flexibility index (Phi) is 3.20. The van der Waals surface area contributed by atoms with Crippen LogP contribution < -0.4 is 0 Å². The molecule has 1 aromatic heterocycles. The third kappa shape index (κ3) is 2.40. The second-order valence-corrected chi connectivity index (χ2v) is 3.99. The highest BCUT2D eigenvalue weighted by molar-refractivity contribution is 5.79. The van der Waals surface area contributed by atoms with Gasteiger partial charge in [-0.3, -0.25) is 9.48 Å². The number of nitrogens with zero attached hydrogens (tertiary/aromatic N) is 4. The van der Waals surface area contributed by atoms with Gasteiger partial charge in [0.25, 0.3) is 0 Å². The Labute approximate surface area is 94.3 Å². The van der Waals surface area contributed by atoms with E-state index in [9.17, 15) is 4.79 Å². The van der Waals surface area contributed by atoms with E-state index in [1.165, 1.54) is 0 Å². The van der Waals surface area contributed by atoms with Crippen LogP contribution in [0.1, 0.15) is 12.8 Å². The van der Waals surface area contributed by atoms with E-state index in [0.717, 1.165) is 19.5 Å². The summed E-state index contributed by atoms with van der Waals surface area (Å²) in [6, 6.07) is 4.03. The number of nitriles is 1. The molecule has 5 nitrogen and oxygen atoms in total. The summed E-state index contributed by atoms with van der Waals surface area (Å²) in [6.07, 6.45) is 4.92. The fourth-order valence-corrected chi connectivity index (χ4v) is 1.93. The molecule has 0 saturated carbocycles. The van der Waals surface area contributed by atoms with Gasteiger partial charge in [-0.2, -0.15) is 10.4 Å². The molecule has 0 spiro atoms. The Morgan fingerprint density at radius 1 is 1.56 bits per heavy atom. The first-order chi connectivity index (χ1) is 7.79. The van der Waals surface area contributed by atoms with Gasteiger partial charge in [-0.1, -0.05) is 0 Å². The fraction of sp³-hybridized carbons (Fsp3) is 0.545. The Hall–Kier alpha value is -1.83. The average molecular weight is 218 g/mol. The normalized spacial score (nSPS) is 20.1. The summed E-state index contributed by atoms with van der Waals surface area (Å²) in [5, 5.41) is 12.8. The maximum absolute atomic E-state index is 11.5. The molecule has 1 atom stereocenters. The average Bonchev–Trinajstić information content (AvgIpc) is 2.89. The Bertz CT molecular complexity index is 393. The quantitative estimate of drug-likeness (QED) is 0.745. The second-order valence-electron chi connectivity index (χ2n) is 3.99. The van der Waals surface area contributed by atoms with Crippen molar-refractivity contribution in [1.29, 1.82) is 5.26 Å². The minimum absolute atomic E-state index is 0.104. The highest BCUT2D eigenvalue weighted by Gasteiger charge is 2.28. The molecule has 2 rings (SSSR count).